The van der Waals surface area contributed by atoms with Crippen molar-refractivity contribution in [2.75, 3.05) is 32.9 Å². The first kappa shape index (κ1) is 20.8. The number of halogens is 2. The molecule has 2 aliphatic heterocycles. The smallest absolute Gasteiger partial charge is 0.246 e. The summed E-state index contributed by atoms with van der Waals surface area (Å²) in [4.78, 5) is 13.8. The molecule has 1 aromatic carbocycles. The molecule has 1 aliphatic carbocycles. The lowest BCUT2D eigenvalue weighted by atomic mass is 9.63. The van der Waals surface area contributed by atoms with E-state index in [1.807, 2.05) is 6.92 Å². The molecule has 0 radical (unpaired) electrons. The molecule has 6 nitrogen and oxygen atoms in total. The van der Waals surface area contributed by atoms with E-state index in [4.69, 9.17) is 21.1 Å². The molecule has 8 heteroatoms. The summed E-state index contributed by atoms with van der Waals surface area (Å²) in [6.45, 7) is 4.62. The predicted molar refractivity (Wildman–Crippen MR) is 106 cm³/mol. The second-order valence-corrected chi connectivity index (χ2v) is 9.24. The zero-order valence-corrected chi connectivity index (χ0v) is 17.4. The Bertz CT molecular complexity index is 761. The number of likely N-dealkylation sites (tertiary alicyclic amines) is 1. The summed E-state index contributed by atoms with van der Waals surface area (Å²) in [5.74, 6) is 0.516. The standard InChI is InChI=1S/C21H28ClFN2O4/c1-20(27,15-9-21(10-15)13-28-12-19(26)24-21)25-6-4-14(5-7-25)11-29-18-3-2-16(23)8-17(18)22/h2-3,8,14-15,27H,4-7,9-13H2,1H3,(H,24,26)/t15-,20?,21+. The Kier molecular flexibility index (Phi) is 5.77. The zero-order chi connectivity index (χ0) is 20.6. The van der Waals surface area contributed by atoms with Crippen LogP contribution in [0.4, 0.5) is 4.39 Å². The molecule has 2 saturated heterocycles. The quantitative estimate of drug-likeness (QED) is 0.757. The number of hydrogen-bond donors (Lipinski definition) is 2. The van der Waals surface area contributed by atoms with E-state index in [-0.39, 0.29) is 34.8 Å². The first-order chi connectivity index (χ1) is 13.8. The van der Waals surface area contributed by atoms with E-state index in [0.717, 1.165) is 38.8 Å². The number of hydrogen-bond acceptors (Lipinski definition) is 5. The van der Waals surface area contributed by atoms with Crippen LogP contribution < -0.4 is 10.1 Å². The number of rotatable bonds is 5. The third-order valence-electron chi connectivity index (χ3n) is 6.69. The van der Waals surface area contributed by atoms with Crippen molar-refractivity contribution in [2.24, 2.45) is 11.8 Å². The molecule has 1 aromatic rings. The predicted octanol–water partition coefficient (Wildman–Crippen LogP) is 2.57. The van der Waals surface area contributed by atoms with Crippen molar-refractivity contribution < 1.29 is 23.8 Å². The molecule has 1 saturated carbocycles. The molecule has 2 N–H and O–H groups in total. The minimum Gasteiger partial charge on any atom is -0.492 e. The third-order valence-corrected chi connectivity index (χ3v) is 6.98. The van der Waals surface area contributed by atoms with E-state index in [0.29, 0.717) is 24.9 Å². The van der Waals surface area contributed by atoms with Crippen LogP contribution in [-0.2, 0) is 9.53 Å². The third kappa shape index (κ3) is 4.38. The molecule has 1 amide bonds. The zero-order valence-electron chi connectivity index (χ0n) is 16.6. The Morgan fingerprint density at radius 1 is 1.41 bits per heavy atom. The fourth-order valence-corrected chi connectivity index (χ4v) is 5.03. The average Bonchev–Trinajstić information content (AvgIpc) is 2.65. The number of ether oxygens (including phenoxy) is 2. The molecule has 160 valence electrons. The lowest BCUT2D eigenvalue weighted by Crippen LogP contribution is -2.69. The minimum atomic E-state index is -0.903. The summed E-state index contributed by atoms with van der Waals surface area (Å²) in [6.07, 6.45) is 3.29. The Hall–Kier alpha value is -1.41. The van der Waals surface area contributed by atoms with Gasteiger partial charge in [0.25, 0.3) is 0 Å². The summed E-state index contributed by atoms with van der Waals surface area (Å²) in [5, 5.41) is 14.5. The van der Waals surface area contributed by atoms with Crippen molar-refractivity contribution in [3.05, 3.63) is 29.0 Å². The van der Waals surface area contributed by atoms with Gasteiger partial charge in [-0.3, -0.25) is 9.69 Å². The van der Waals surface area contributed by atoms with Crippen LogP contribution in [-0.4, -0.2) is 60.1 Å². The molecular formula is C21H28ClFN2O4. The van der Waals surface area contributed by atoms with Crippen molar-refractivity contribution in [2.45, 2.75) is 43.9 Å². The number of nitrogens with one attached hydrogen (secondary N) is 1. The Morgan fingerprint density at radius 2 is 2.14 bits per heavy atom. The fraction of sp³-hybridized carbons (Fsp3) is 0.667. The highest BCUT2D eigenvalue weighted by atomic mass is 35.5. The van der Waals surface area contributed by atoms with Crippen molar-refractivity contribution >= 4 is 17.5 Å². The molecule has 29 heavy (non-hydrogen) atoms. The Morgan fingerprint density at radius 3 is 2.79 bits per heavy atom. The fourth-order valence-electron chi connectivity index (χ4n) is 4.81. The summed E-state index contributed by atoms with van der Waals surface area (Å²) in [6, 6.07) is 4.14. The highest BCUT2D eigenvalue weighted by Crippen LogP contribution is 2.46. The second-order valence-electron chi connectivity index (χ2n) is 8.84. The van der Waals surface area contributed by atoms with Gasteiger partial charge in [0.2, 0.25) is 5.91 Å². The van der Waals surface area contributed by atoms with Gasteiger partial charge in [-0.1, -0.05) is 11.6 Å². The van der Waals surface area contributed by atoms with Crippen LogP contribution in [0.1, 0.15) is 32.6 Å². The van der Waals surface area contributed by atoms with Crippen LogP contribution in [0.3, 0.4) is 0 Å². The summed E-state index contributed by atoms with van der Waals surface area (Å²) in [5.41, 5.74) is -1.20. The van der Waals surface area contributed by atoms with Crippen molar-refractivity contribution in [3.63, 3.8) is 0 Å². The molecule has 0 bridgehead atoms. The Labute approximate surface area is 175 Å². The summed E-state index contributed by atoms with van der Waals surface area (Å²) >= 11 is 6.02. The maximum Gasteiger partial charge on any atom is 0.246 e. The van der Waals surface area contributed by atoms with E-state index in [1.54, 1.807) is 6.07 Å². The minimum absolute atomic E-state index is 0.0728. The van der Waals surface area contributed by atoms with E-state index in [2.05, 4.69) is 10.2 Å². The van der Waals surface area contributed by atoms with E-state index >= 15 is 0 Å². The van der Waals surface area contributed by atoms with Crippen LogP contribution in [0.5, 0.6) is 5.75 Å². The SMILES string of the molecule is CC(O)([C@H]1C[C@]2(COCC(=O)N2)C1)N1CCC(COc2ccc(F)cc2Cl)CC1. The van der Waals surface area contributed by atoms with Gasteiger partial charge in [0.1, 0.15) is 23.9 Å². The number of nitrogens with zero attached hydrogens (tertiary/aromatic N) is 1. The van der Waals surface area contributed by atoms with Crippen LogP contribution in [0.25, 0.3) is 0 Å². The number of aliphatic hydroxyl groups is 1. The monoisotopic (exact) mass is 426 g/mol. The first-order valence-electron chi connectivity index (χ1n) is 10.2. The molecule has 1 spiro atoms. The van der Waals surface area contributed by atoms with Crippen LogP contribution >= 0.6 is 11.6 Å². The number of piperidine rings is 1. The molecule has 1 atom stereocenters. The van der Waals surface area contributed by atoms with Crippen molar-refractivity contribution in [3.8, 4) is 5.75 Å². The van der Waals surface area contributed by atoms with Crippen molar-refractivity contribution in [1.82, 2.24) is 10.2 Å². The van der Waals surface area contributed by atoms with Crippen molar-refractivity contribution in [1.29, 1.82) is 0 Å². The molecule has 1 unspecified atom stereocenters. The van der Waals surface area contributed by atoms with Crippen LogP contribution in [0.15, 0.2) is 18.2 Å². The Balaban J connectivity index is 1.25. The van der Waals surface area contributed by atoms with Gasteiger partial charge in [-0.25, -0.2) is 4.39 Å². The van der Waals surface area contributed by atoms with E-state index < -0.39 is 5.72 Å². The maximum absolute atomic E-state index is 13.1. The number of morpholine rings is 1. The number of carbonyl (C=O) groups excluding carboxylic acids is 1. The molecule has 3 aliphatic rings. The van der Waals surface area contributed by atoms with Gasteiger partial charge in [-0.2, -0.15) is 0 Å². The largest absolute Gasteiger partial charge is 0.492 e. The van der Waals surface area contributed by atoms with Gasteiger partial charge in [0, 0.05) is 19.0 Å². The maximum atomic E-state index is 13.1. The average molecular weight is 427 g/mol. The second kappa shape index (κ2) is 8.02. The summed E-state index contributed by atoms with van der Waals surface area (Å²) < 4.78 is 24.3. The number of benzene rings is 1. The first-order valence-corrected chi connectivity index (χ1v) is 10.6. The van der Waals surface area contributed by atoms with E-state index in [1.165, 1.54) is 12.1 Å². The highest BCUT2D eigenvalue weighted by molar-refractivity contribution is 6.32. The van der Waals surface area contributed by atoms with Gasteiger partial charge in [-0.15, -0.1) is 0 Å². The van der Waals surface area contributed by atoms with Gasteiger partial charge in [-0.05, 0) is 56.7 Å². The molecule has 0 aromatic heterocycles. The van der Waals surface area contributed by atoms with Gasteiger partial charge < -0.3 is 19.9 Å². The van der Waals surface area contributed by atoms with Crippen LogP contribution in [0, 0.1) is 17.7 Å². The highest BCUT2D eigenvalue weighted by Gasteiger charge is 2.55. The number of carbonyl (C=O) groups is 1. The normalized spacial score (nSPS) is 30.5. The number of amides is 1. The van der Waals surface area contributed by atoms with Crippen LogP contribution in [0.2, 0.25) is 5.02 Å². The molecule has 4 rings (SSSR count). The van der Waals surface area contributed by atoms with Gasteiger partial charge in [0.15, 0.2) is 0 Å². The molecule has 2 heterocycles. The summed E-state index contributed by atoms with van der Waals surface area (Å²) in [7, 11) is 0. The molecular weight excluding hydrogens is 399 g/mol. The lowest BCUT2D eigenvalue weighted by molar-refractivity contribution is -0.196. The van der Waals surface area contributed by atoms with E-state index in [9.17, 15) is 14.3 Å². The van der Waals surface area contributed by atoms with Gasteiger partial charge in [0.05, 0.1) is 23.8 Å². The molecule has 3 fully saturated rings. The lowest BCUT2D eigenvalue weighted by Gasteiger charge is -2.57. The topological polar surface area (TPSA) is 71.0 Å². The van der Waals surface area contributed by atoms with Gasteiger partial charge >= 0.3 is 0 Å².